The van der Waals surface area contributed by atoms with Crippen molar-refractivity contribution in [3.05, 3.63) is 196 Å². The van der Waals surface area contributed by atoms with E-state index in [-0.39, 0.29) is 0 Å². The van der Waals surface area contributed by atoms with Gasteiger partial charge in [-0.1, -0.05) is 146 Å². The summed E-state index contributed by atoms with van der Waals surface area (Å²) in [4.78, 5) is 0. The van der Waals surface area contributed by atoms with Crippen LogP contribution in [0.15, 0.2) is 156 Å². The van der Waals surface area contributed by atoms with Gasteiger partial charge in [0.15, 0.2) is 0 Å². The molecule has 0 atom stereocenters. The smallest absolute Gasteiger partial charge is 0.455 e. The van der Waals surface area contributed by atoms with Crippen LogP contribution in [0.1, 0.15) is 72.2 Å². The molecule has 3 nitrogen and oxygen atoms in total. The zero-order valence-corrected chi connectivity index (χ0v) is 30.7. The van der Waals surface area contributed by atoms with E-state index in [2.05, 4.69) is 179 Å². The first kappa shape index (κ1) is 30.8. The molecule has 4 aliphatic rings. The van der Waals surface area contributed by atoms with Gasteiger partial charge in [-0.05, 0) is 100 Å². The number of para-hydroxylation sites is 1. The number of rotatable bonds is 1. The van der Waals surface area contributed by atoms with Crippen LogP contribution in [0.2, 0.25) is 0 Å². The largest absolute Gasteiger partial charge is 0.495 e. The molecule has 1 saturated heterocycles. The lowest BCUT2D eigenvalue weighted by Gasteiger charge is -2.48. The molecule has 0 radical (unpaired) electrons. The molecule has 258 valence electrons. The molecule has 7 aromatic carbocycles. The van der Waals surface area contributed by atoms with Gasteiger partial charge in [0, 0.05) is 16.3 Å². The highest BCUT2D eigenvalue weighted by atomic mass is 16.7. The fourth-order valence-electron chi connectivity index (χ4n) is 10.8. The minimum absolute atomic E-state index is 0.495. The number of hydrogen-bond acceptors (Lipinski definition) is 3. The maximum absolute atomic E-state index is 6.97. The van der Waals surface area contributed by atoms with Gasteiger partial charge < -0.3 is 13.7 Å². The molecule has 4 heteroatoms. The van der Waals surface area contributed by atoms with Crippen molar-refractivity contribution < 1.29 is 13.7 Å². The highest BCUT2D eigenvalue weighted by molar-refractivity contribution is 6.64. The number of hydrogen-bond donors (Lipinski definition) is 0. The van der Waals surface area contributed by atoms with E-state index in [1.807, 2.05) is 0 Å². The van der Waals surface area contributed by atoms with Crippen LogP contribution in [-0.2, 0) is 20.1 Å². The van der Waals surface area contributed by atoms with E-state index in [0.717, 1.165) is 38.5 Å². The fourth-order valence-corrected chi connectivity index (χ4v) is 10.8. The second-order valence-electron chi connectivity index (χ2n) is 16.5. The maximum Gasteiger partial charge on any atom is 0.495 e. The topological polar surface area (TPSA) is 31.6 Å². The molecule has 0 bridgehead atoms. The van der Waals surface area contributed by atoms with Crippen LogP contribution in [0, 0.1) is 0 Å². The van der Waals surface area contributed by atoms with Crippen molar-refractivity contribution in [2.75, 3.05) is 0 Å². The molecule has 0 saturated carbocycles. The first-order valence-corrected chi connectivity index (χ1v) is 19.1. The van der Waals surface area contributed by atoms with E-state index in [9.17, 15) is 0 Å². The zero-order valence-electron chi connectivity index (χ0n) is 30.7. The van der Waals surface area contributed by atoms with E-state index < -0.39 is 29.2 Å². The van der Waals surface area contributed by atoms with Crippen molar-refractivity contribution in [2.24, 2.45) is 0 Å². The first-order valence-electron chi connectivity index (χ1n) is 19.1. The molecular weight excluding hydrogens is 659 g/mol. The van der Waals surface area contributed by atoms with Crippen LogP contribution >= 0.6 is 0 Å². The Morgan fingerprint density at radius 3 is 1.44 bits per heavy atom. The summed E-state index contributed by atoms with van der Waals surface area (Å²) in [7, 11) is -0.554. The standard InChI is InChI=1S/C50H37BO3/c1-47(2)48(3,4)54-51(53-47)42-26-15-25-40-44(42)45-41(29-28-33-32-18-7-14-27-43(32)52-46(33)45)50(40)38-23-12-10-21-36(38)49(37-22-11-13-24-39(37)50)34-19-8-5-16-30(34)31-17-6-9-20-35(31)49/h5-29H,1-4H3. The highest BCUT2D eigenvalue weighted by Gasteiger charge is 2.61. The van der Waals surface area contributed by atoms with Crippen LogP contribution in [0.4, 0.5) is 0 Å². The molecule has 8 aromatic rings. The minimum atomic E-state index is -0.650. The SMILES string of the molecule is CC1(C)OB(c2cccc3c2-c2c(ccc4c2oc2ccccc24)C32c3ccccc3C3(c4ccccc4-c4ccccc43)c3ccccc32)OC1(C)C. The lowest BCUT2D eigenvalue weighted by atomic mass is 9.52. The van der Waals surface area contributed by atoms with E-state index >= 15 is 0 Å². The van der Waals surface area contributed by atoms with E-state index in [4.69, 9.17) is 13.7 Å². The van der Waals surface area contributed by atoms with Gasteiger partial charge in [-0.25, -0.2) is 0 Å². The van der Waals surface area contributed by atoms with Crippen LogP contribution in [-0.4, -0.2) is 18.3 Å². The van der Waals surface area contributed by atoms with E-state index in [1.165, 1.54) is 55.6 Å². The summed E-state index contributed by atoms with van der Waals surface area (Å²) in [6, 6.07) is 56.4. The Morgan fingerprint density at radius 2 is 0.852 bits per heavy atom. The Balaban J connectivity index is 1.26. The van der Waals surface area contributed by atoms with Gasteiger partial charge in [0.1, 0.15) is 11.2 Å². The molecular formula is C50H37BO3. The summed E-state index contributed by atoms with van der Waals surface area (Å²) in [5.41, 5.74) is 15.9. The normalized spacial score (nSPS) is 18.4. The summed E-state index contributed by atoms with van der Waals surface area (Å²) in [5.74, 6) is 0. The Labute approximate surface area is 315 Å². The van der Waals surface area contributed by atoms with Crippen molar-refractivity contribution in [1.29, 1.82) is 0 Å². The van der Waals surface area contributed by atoms with Gasteiger partial charge in [-0.15, -0.1) is 0 Å². The lowest BCUT2D eigenvalue weighted by molar-refractivity contribution is 0.00578. The number of furan rings is 1. The van der Waals surface area contributed by atoms with Gasteiger partial charge in [0.05, 0.1) is 22.0 Å². The summed E-state index contributed by atoms with van der Waals surface area (Å²) in [6.07, 6.45) is 0. The second-order valence-corrected chi connectivity index (χ2v) is 16.5. The molecule has 0 amide bonds. The lowest BCUT2D eigenvalue weighted by Crippen LogP contribution is -2.44. The molecule has 0 unspecified atom stereocenters. The number of fused-ring (bicyclic) bond motifs is 20. The summed E-state index contributed by atoms with van der Waals surface area (Å²) in [6.45, 7) is 8.53. The third-order valence-corrected chi connectivity index (χ3v) is 13.6. The van der Waals surface area contributed by atoms with E-state index in [0.29, 0.717) is 0 Å². The van der Waals surface area contributed by atoms with Crippen molar-refractivity contribution in [2.45, 2.75) is 49.7 Å². The highest BCUT2D eigenvalue weighted by Crippen LogP contribution is 2.68. The third-order valence-electron chi connectivity index (χ3n) is 13.6. The Bertz CT molecular complexity index is 2820. The van der Waals surface area contributed by atoms with Crippen molar-refractivity contribution >= 4 is 34.5 Å². The summed E-state index contributed by atoms with van der Waals surface area (Å²) in [5, 5.41) is 2.23. The van der Waals surface area contributed by atoms with Gasteiger partial charge in [0.25, 0.3) is 0 Å². The van der Waals surface area contributed by atoms with Crippen LogP contribution in [0.5, 0.6) is 0 Å². The zero-order chi connectivity index (χ0) is 36.2. The molecule has 1 fully saturated rings. The van der Waals surface area contributed by atoms with Crippen molar-refractivity contribution in [1.82, 2.24) is 0 Å². The van der Waals surface area contributed by atoms with E-state index in [1.54, 1.807) is 0 Å². The predicted octanol–water partition coefficient (Wildman–Crippen LogP) is 10.9. The molecule has 54 heavy (non-hydrogen) atoms. The van der Waals surface area contributed by atoms with Crippen molar-refractivity contribution in [3.8, 4) is 22.3 Å². The first-order chi connectivity index (χ1) is 26.3. The third kappa shape index (κ3) is 3.40. The maximum atomic E-state index is 6.97. The Kier molecular flexibility index (Phi) is 5.75. The molecule has 0 N–H and O–H groups in total. The van der Waals surface area contributed by atoms with Crippen LogP contribution in [0.25, 0.3) is 44.2 Å². The minimum Gasteiger partial charge on any atom is -0.455 e. The van der Waals surface area contributed by atoms with Gasteiger partial charge >= 0.3 is 7.12 Å². The second kappa shape index (κ2) is 10.1. The molecule has 1 aliphatic heterocycles. The summed E-state index contributed by atoms with van der Waals surface area (Å²) < 4.78 is 20.7. The fraction of sp³-hybridized carbons (Fsp3) is 0.160. The monoisotopic (exact) mass is 696 g/mol. The number of benzene rings is 7. The molecule has 12 rings (SSSR count). The van der Waals surface area contributed by atoms with Gasteiger partial charge in [0.2, 0.25) is 0 Å². The molecule has 2 spiro atoms. The average Bonchev–Trinajstić information content (AvgIpc) is 3.88. The summed E-state index contributed by atoms with van der Waals surface area (Å²) >= 11 is 0. The molecule has 2 heterocycles. The van der Waals surface area contributed by atoms with Crippen LogP contribution in [0.3, 0.4) is 0 Å². The quantitative estimate of drug-likeness (QED) is 0.160. The van der Waals surface area contributed by atoms with Gasteiger partial charge in [-0.3, -0.25) is 0 Å². The predicted molar refractivity (Wildman–Crippen MR) is 218 cm³/mol. The molecule has 1 aromatic heterocycles. The average molecular weight is 697 g/mol. The molecule has 3 aliphatic carbocycles. The van der Waals surface area contributed by atoms with Crippen LogP contribution < -0.4 is 5.46 Å². The Hall–Kier alpha value is -5.68. The Morgan fingerprint density at radius 1 is 0.389 bits per heavy atom. The van der Waals surface area contributed by atoms with Gasteiger partial charge in [-0.2, -0.15) is 0 Å². The van der Waals surface area contributed by atoms with Crippen molar-refractivity contribution in [3.63, 3.8) is 0 Å².